The summed E-state index contributed by atoms with van der Waals surface area (Å²) in [5.74, 6) is -2.96. The number of ether oxygens (including phenoxy) is 1. The van der Waals surface area contributed by atoms with Crippen LogP contribution in [-0.2, 0) is 15.7 Å². The summed E-state index contributed by atoms with van der Waals surface area (Å²) in [7, 11) is 0. The molecule has 1 rings (SSSR count). The van der Waals surface area contributed by atoms with Gasteiger partial charge in [-0.2, -0.15) is 13.2 Å². The highest BCUT2D eigenvalue weighted by molar-refractivity contribution is 5.75. The summed E-state index contributed by atoms with van der Waals surface area (Å²) < 4.78 is 68.2. The third kappa shape index (κ3) is 3.66. The lowest BCUT2D eigenvalue weighted by Gasteiger charge is -2.16. The molecule has 1 aromatic rings. The topological polar surface area (TPSA) is 46.5 Å². The average Bonchev–Trinajstić information content (AvgIpc) is 2.36. The molecule has 0 amide bonds. The van der Waals surface area contributed by atoms with E-state index in [-0.39, 0.29) is 12.7 Å². The maximum absolute atomic E-state index is 13.5. The van der Waals surface area contributed by atoms with E-state index in [4.69, 9.17) is 0 Å². The molecule has 0 fully saturated rings. The Bertz CT molecular complexity index is 486. The molecule has 0 spiro atoms. The van der Waals surface area contributed by atoms with Crippen molar-refractivity contribution in [2.45, 2.75) is 25.4 Å². The molecule has 2 unspecified atom stereocenters. The third-order valence-electron chi connectivity index (χ3n) is 2.43. The maximum atomic E-state index is 13.5. The second-order valence-electron chi connectivity index (χ2n) is 3.84. The van der Waals surface area contributed by atoms with Gasteiger partial charge in [0, 0.05) is 0 Å². The Balaban J connectivity index is 3.05. The van der Waals surface area contributed by atoms with Crippen LogP contribution in [0.1, 0.15) is 24.2 Å². The van der Waals surface area contributed by atoms with Crippen LogP contribution in [0.25, 0.3) is 0 Å². The molecule has 0 aliphatic rings. The largest absolute Gasteiger partial charge is 0.464 e. The normalized spacial score (nSPS) is 14.8. The fourth-order valence-electron chi connectivity index (χ4n) is 1.46. The van der Waals surface area contributed by atoms with E-state index in [2.05, 4.69) is 4.74 Å². The van der Waals surface area contributed by atoms with Gasteiger partial charge < -0.3 is 9.84 Å². The number of aliphatic hydroxyl groups excluding tert-OH is 1. The minimum absolute atomic E-state index is 0.150. The molecule has 0 heterocycles. The van der Waals surface area contributed by atoms with E-state index in [9.17, 15) is 31.9 Å². The van der Waals surface area contributed by atoms with E-state index >= 15 is 0 Å². The van der Waals surface area contributed by atoms with Gasteiger partial charge in [-0.1, -0.05) is 6.07 Å². The van der Waals surface area contributed by atoms with E-state index in [0.29, 0.717) is 6.07 Å². The molecule has 20 heavy (non-hydrogen) atoms. The van der Waals surface area contributed by atoms with Crippen molar-refractivity contribution < 1.29 is 36.6 Å². The standard InChI is InChI=1S/C12H11F5O3/c1-2-20-11(19)9(14)10(18)6-3-4-8(13)7(5-6)12(15,16)17/h3-5,9-10,18H,2H2,1H3. The molecule has 0 saturated heterocycles. The van der Waals surface area contributed by atoms with E-state index < -0.39 is 41.4 Å². The molecule has 1 aromatic carbocycles. The highest BCUT2D eigenvalue weighted by Gasteiger charge is 2.36. The van der Waals surface area contributed by atoms with Crippen LogP contribution in [0.4, 0.5) is 22.0 Å². The summed E-state index contributed by atoms with van der Waals surface area (Å²) in [6, 6.07) is 1.46. The van der Waals surface area contributed by atoms with Crippen molar-refractivity contribution in [3.8, 4) is 0 Å². The predicted octanol–water partition coefficient (Wildman–Crippen LogP) is 2.78. The Morgan fingerprint density at radius 2 is 2.00 bits per heavy atom. The van der Waals surface area contributed by atoms with Gasteiger partial charge in [0.15, 0.2) is 0 Å². The van der Waals surface area contributed by atoms with E-state index in [1.807, 2.05) is 0 Å². The summed E-state index contributed by atoms with van der Waals surface area (Å²) in [6.07, 6.45) is -9.72. The molecular formula is C12H11F5O3. The maximum Gasteiger partial charge on any atom is 0.419 e. The van der Waals surface area contributed by atoms with Gasteiger partial charge in [-0.05, 0) is 24.6 Å². The number of esters is 1. The number of rotatable bonds is 4. The first kappa shape index (κ1) is 16.4. The highest BCUT2D eigenvalue weighted by Crippen LogP contribution is 2.33. The lowest BCUT2D eigenvalue weighted by atomic mass is 10.0. The lowest BCUT2D eigenvalue weighted by Crippen LogP contribution is -2.26. The fraction of sp³-hybridized carbons (Fsp3) is 0.417. The second kappa shape index (κ2) is 6.17. The molecule has 8 heteroatoms. The van der Waals surface area contributed by atoms with Gasteiger partial charge in [-0.15, -0.1) is 0 Å². The molecule has 0 aliphatic heterocycles. The Kier molecular flexibility index (Phi) is 5.04. The average molecular weight is 298 g/mol. The Hall–Kier alpha value is -1.70. The summed E-state index contributed by atoms with van der Waals surface area (Å²) in [5.41, 5.74) is -2.22. The van der Waals surface area contributed by atoms with Crippen molar-refractivity contribution in [3.63, 3.8) is 0 Å². The first-order valence-electron chi connectivity index (χ1n) is 5.54. The van der Waals surface area contributed by atoms with Crippen LogP contribution < -0.4 is 0 Å². The minimum Gasteiger partial charge on any atom is -0.464 e. The van der Waals surface area contributed by atoms with Crippen molar-refractivity contribution >= 4 is 5.97 Å². The van der Waals surface area contributed by atoms with Crippen molar-refractivity contribution in [1.29, 1.82) is 0 Å². The Morgan fingerprint density at radius 1 is 1.40 bits per heavy atom. The summed E-state index contributed by atoms with van der Waals surface area (Å²) >= 11 is 0. The van der Waals surface area contributed by atoms with Crippen LogP contribution >= 0.6 is 0 Å². The third-order valence-corrected chi connectivity index (χ3v) is 2.43. The summed E-state index contributed by atoms with van der Waals surface area (Å²) in [5, 5.41) is 9.50. The Morgan fingerprint density at radius 3 is 2.50 bits per heavy atom. The van der Waals surface area contributed by atoms with Gasteiger partial charge in [-0.3, -0.25) is 0 Å². The summed E-state index contributed by atoms with van der Waals surface area (Å²) in [4.78, 5) is 11.1. The number of benzene rings is 1. The SMILES string of the molecule is CCOC(=O)C(F)C(O)c1ccc(F)c(C(F)(F)F)c1. The molecule has 2 atom stereocenters. The van der Waals surface area contributed by atoms with Crippen LogP contribution in [0.3, 0.4) is 0 Å². The lowest BCUT2D eigenvalue weighted by molar-refractivity contribution is -0.153. The molecule has 3 nitrogen and oxygen atoms in total. The van der Waals surface area contributed by atoms with E-state index in [1.54, 1.807) is 0 Å². The number of carbonyl (C=O) groups is 1. The number of aliphatic hydroxyl groups is 1. The van der Waals surface area contributed by atoms with Crippen LogP contribution in [-0.4, -0.2) is 23.9 Å². The summed E-state index contributed by atoms with van der Waals surface area (Å²) in [6.45, 7) is 1.25. The van der Waals surface area contributed by atoms with Crippen molar-refractivity contribution in [1.82, 2.24) is 0 Å². The molecule has 0 saturated carbocycles. The van der Waals surface area contributed by atoms with Gasteiger partial charge >= 0.3 is 12.1 Å². The first-order valence-corrected chi connectivity index (χ1v) is 5.54. The van der Waals surface area contributed by atoms with Crippen LogP contribution in [0, 0.1) is 5.82 Å². The van der Waals surface area contributed by atoms with Crippen LogP contribution in [0.15, 0.2) is 18.2 Å². The molecular weight excluding hydrogens is 287 g/mol. The van der Waals surface area contributed by atoms with Crippen molar-refractivity contribution in [3.05, 3.63) is 35.1 Å². The number of halogens is 5. The molecule has 0 aromatic heterocycles. The first-order chi connectivity index (χ1) is 9.18. The van der Waals surface area contributed by atoms with E-state index in [0.717, 1.165) is 6.07 Å². The van der Waals surface area contributed by atoms with Gasteiger partial charge in [0.2, 0.25) is 6.17 Å². The van der Waals surface area contributed by atoms with Gasteiger partial charge in [0.05, 0.1) is 12.2 Å². The number of hydrogen-bond acceptors (Lipinski definition) is 3. The molecule has 0 radical (unpaired) electrons. The molecule has 112 valence electrons. The number of carbonyl (C=O) groups excluding carboxylic acids is 1. The van der Waals surface area contributed by atoms with Crippen LogP contribution in [0.2, 0.25) is 0 Å². The quantitative estimate of drug-likeness (QED) is 0.687. The van der Waals surface area contributed by atoms with E-state index in [1.165, 1.54) is 6.92 Å². The predicted molar refractivity (Wildman–Crippen MR) is 57.9 cm³/mol. The Labute approximate surface area is 111 Å². The fourth-order valence-corrected chi connectivity index (χ4v) is 1.46. The van der Waals surface area contributed by atoms with Crippen molar-refractivity contribution in [2.75, 3.05) is 6.61 Å². The van der Waals surface area contributed by atoms with Gasteiger partial charge in [0.1, 0.15) is 11.9 Å². The van der Waals surface area contributed by atoms with Crippen molar-refractivity contribution in [2.24, 2.45) is 0 Å². The molecule has 0 aliphatic carbocycles. The number of hydrogen-bond donors (Lipinski definition) is 1. The van der Waals surface area contributed by atoms with Crippen LogP contribution in [0.5, 0.6) is 0 Å². The monoisotopic (exact) mass is 298 g/mol. The molecule has 0 bridgehead atoms. The zero-order valence-corrected chi connectivity index (χ0v) is 10.2. The smallest absolute Gasteiger partial charge is 0.419 e. The van der Waals surface area contributed by atoms with Gasteiger partial charge in [0.25, 0.3) is 0 Å². The second-order valence-corrected chi connectivity index (χ2v) is 3.84. The zero-order valence-electron chi connectivity index (χ0n) is 10.2. The minimum atomic E-state index is -4.99. The number of alkyl halides is 4. The van der Waals surface area contributed by atoms with Gasteiger partial charge in [-0.25, -0.2) is 13.6 Å². The zero-order chi connectivity index (χ0) is 15.5. The molecule has 1 N–H and O–H groups in total. The highest BCUT2D eigenvalue weighted by atomic mass is 19.4.